The Morgan fingerprint density at radius 3 is 2.72 bits per heavy atom. The van der Waals surface area contributed by atoms with Crippen molar-refractivity contribution in [2.45, 2.75) is 50.6 Å². The molecule has 0 heterocycles. The zero-order valence-electron chi connectivity index (χ0n) is 10.9. The molecule has 0 saturated heterocycles. The maximum absolute atomic E-state index is 8.98. The molecular weight excluding hydrogens is 246 g/mol. The van der Waals surface area contributed by atoms with E-state index >= 15 is 0 Å². The average molecular weight is 268 g/mol. The van der Waals surface area contributed by atoms with Crippen LogP contribution in [0.25, 0.3) is 0 Å². The van der Waals surface area contributed by atoms with E-state index in [0.29, 0.717) is 18.0 Å². The van der Waals surface area contributed by atoms with Gasteiger partial charge in [-0.15, -0.1) is 0 Å². The van der Waals surface area contributed by atoms with Gasteiger partial charge in [0.25, 0.3) is 0 Å². The molecule has 2 N–H and O–H groups in total. The molecule has 1 fully saturated rings. The van der Waals surface area contributed by atoms with Gasteiger partial charge in [0.1, 0.15) is 0 Å². The molecule has 2 nitrogen and oxygen atoms in total. The minimum absolute atomic E-state index is 0.270. The molecule has 1 aromatic rings. The third-order valence-electron chi connectivity index (χ3n) is 3.92. The molecule has 2 rings (SSSR count). The Hall–Kier alpha value is -0.570. The van der Waals surface area contributed by atoms with Gasteiger partial charge in [0.05, 0.1) is 0 Å². The van der Waals surface area contributed by atoms with E-state index in [1.54, 1.807) is 0 Å². The predicted octanol–water partition coefficient (Wildman–Crippen LogP) is 3.34. The van der Waals surface area contributed by atoms with Crippen LogP contribution >= 0.6 is 11.6 Å². The van der Waals surface area contributed by atoms with Gasteiger partial charge in [-0.25, -0.2) is 0 Å². The van der Waals surface area contributed by atoms with E-state index in [2.05, 4.69) is 24.4 Å². The summed E-state index contributed by atoms with van der Waals surface area (Å²) in [5.41, 5.74) is 1.28. The van der Waals surface area contributed by atoms with Gasteiger partial charge in [-0.3, -0.25) is 0 Å². The smallest absolute Gasteiger partial charge is 0.0445 e. The van der Waals surface area contributed by atoms with E-state index in [9.17, 15) is 0 Å². The predicted molar refractivity (Wildman–Crippen MR) is 76.1 cm³/mol. The van der Waals surface area contributed by atoms with E-state index < -0.39 is 0 Å². The molecule has 1 atom stereocenters. The van der Waals surface area contributed by atoms with Crippen molar-refractivity contribution in [3.63, 3.8) is 0 Å². The first kappa shape index (κ1) is 13.9. The molecule has 0 radical (unpaired) electrons. The third kappa shape index (κ3) is 3.25. The summed E-state index contributed by atoms with van der Waals surface area (Å²) in [6.07, 6.45) is 4.24. The highest BCUT2D eigenvalue weighted by atomic mass is 35.5. The first-order valence-corrected chi connectivity index (χ1v) is 7.23. The van der Waals surface area contributed by atoms with Crippen LogP contribution in [0.1, 0.15) is 44.1 Å². The summed E-state index contributed by atoms with van der Waals surface area (Å²) in [5.74, 6) is 0.600. The van der Waals surface area contributed by atoms with Gasteiger partial charge in [0.2, 0.25) is 0 Å². The second-order valence-electron chi connectivity index (χ2n) is 5.17. The number of halogens is 1. The van der Waals surface area contributed by atoms with E-state index in [1.807, 2.05) is 12.1 Å². The second kappa shape index (κ2) is 6.55. The molecule has 1 aliphatic rings. The Morgan fingerprint density at radius 2 is 2.11 bits per heavy atom. The number of benzene rings is 1. The van der Waals surface area contributed by atoms with Gasteiger partial charge < -0.3 is 10.4 Å². The lowest BCUT2D eigenvalue weighted by molar-refractivity contribution is 0.221. The summed E-state index contributed by atoms with van der Waals surface area (Å²) in [5, 5.41) is 13.5. The molecule has 1 unspecified atom stereocenters. The number of nitrogens with one attached hydrogen (secondary N) is 1. The number of rotatable bonds is 6. The molecule has 1 saturated carbocycles. The topological polar surface area (TPSA) is 32.3 Å². The van der Waals surface area contributed by atoms with Crippen molar-refractivity contribution in [1.82, 2.24) is 5.32 Å². The van der Waals surface area contributed by atoms with Crippen LogP contribution in [0.3, 0.4) is 0 Å². The molecule has 0 aromatic heterocycles. The van der Waals surface area contributed by atoms with Gasteiger partial charge >= 0.3 is 0 Å². The molecule has 18 heavy (non-hydrogen) atoms. The van der Waals surface area contributed by atoms with Crippen molar-refractivity contribution in [1.29, 1.82) is 0 Å². The van der Waals surface area contributed by atoms with E-state index in [0.717, 1.165) is 30.7 Å². The monoisotopic (exact) mass is 267 g/mol. The Bertz CT molecular complexity index is 377. The summed E-state index contributed by atoms with van der Waals surface area (Å²) in [6.45, 7) is 2.43. The van der Waals surface area contributed by atoms with Gasteiger partial charge in [0.15, 0.2) is 0 Å². The largest absolute Gasteiger partial charge is 0.396 e. The van der Waals surface area contributed by atoms with Crippen molar-refractivity contribution in [3.8, 4) is 0 Å². The summed E-state index contributed by atoms with van der Waals surface area (Å²) >= 11 is 6.21. The Balaban J connectivity index is 1.82. The van der Waals surface area contributed by atoms with Crippen LogP contribution in [0, 0.1) is 0 Å². The molecule has 0 amide bonds. The number of aliphatic hydroxyl groups is 1. The minimum Gasteiger partial charge on any atom is -0.396 e. The van der Waals surface area contributed by atoms with Gasteiger partial charge in [-0.2, -0.15) is 0 Å². The normalized spacial score (nSPS) is 24.6. The zero-order valence-corrected chi connectivity index (χ0v) is 11.7. The van der Waals surface area contributed by atoms with Crippen molar-refractivity contribution in [2.75, 3.05) is 6.61 Å². The van der Waals surface area contributed by atoms with Crippen LogP contribution in [0.5, 0.6) is 0 Å². The molecule has 1 aliphatic carbocycles. The maximum Gasteiger partial charge on any atom is 0.0445 e. The molecule has 0 spiro atoms. The van der Waals surface area contributed by atoms with Gasteiger partial charge in [-0.05, 0) is 43.2 Å². The van der Waals surface area contributed by atoms with Gasteiger partial charge in [0, 0.05) is 23.7 Å². The first-order valence-electron chi connectivity index (χ1n) is 6.86. The molecule has 0 bridgehead atoms. The van der Waals surface area contributed by atoms with Crippen molar-refractivity contribution in [3.05, 3.63) is 34.9 Å². The van der Waals surface area contributed by atoms with Crippen molar-refractivity contribution in [2.24, 2.45) is 0 Å². The fourth-order valence-corrected chi connectivity index (χ4v) is 3.00. The lowest BCUT2D eigenvalue weighted by Gasteiger charge is -2.39. The standard InChI is InChI=1S/C15H22ClNO/c1-2-12(7-8-18)17-13-9-11(10-13)14-5-3-4-6-15(14)16/h3-6,11-13,17-18H,2,7-10H2,1H3. The fraction of sp³-hybridized carbons (Fsp3) is 0.600. The molecule has 1 aromatic carbocycles. The molecule has 3 heteroatoms. The van der Waals surface area contributed by atoms with Crippen LogP contribution in [-0.2, 0) is 0 Å². The Morgan fingerprint density at radius 1 is 1.39 bits per heavy atom. The highest BCUT2D eigenvalue weighted by Gasteiger charge is 2.32. The van der Waals surface area contributed by atoms with Crippen LogP contribution in [0.15, 0.2) is 24.3 Å². The highest BCUT2D eigenvalue weighted by molar-refractivity contribution is 6.31. The van der Waals surface area contributed by atoms with Crippen LogP contribution in [-0.4, -0.2) is 23.8 Å². The molecular formula is C15H22ClNO. The van der Waals surface area contributed by atoms with Gasteiger partial charge in [-0.1, -0.05) is 36.7 Å². The van der Waals surface area contributed by atoms with E-state index in [4.69, 9.17) is 16.7 Å². The van der Waals surface area contributed by atoms with Crippen molar-refractivity contribution >= 4 is 11.6 Å². The third-order valence-corrected chi connectivity index (χ3v) is 4.27. The molecule has 100 valence electrons. The summed E-state index contributed by atoms with van der Waals surface area (Å²) in [6, 6.07) is 9.18. The Kier molecular flexibility index (Phi) is 5.04. The number of aliphatic hydroxyl groups excluding tert-OH is 1. The lowest BCUT2D eigenvalue weighted by Crippen LogP contribution is -2.45. The summed E-state index contributed by atoms with van der Waals surface area (Å²) in [7, 11) is 0. The first-order chi connectivity index (χ1) is 8.74. The van der Waals surface area contributed by atoms with Crippen molar-refractivity contribution < 1.29 is 5.11 Å². The summed E-state index contributed by atoms with van der Waals surface area (Å²) < 4.78 is 0. The van der Waals surface area contributed by atoms with E-state index in [-0.39, 0.29) is 6.61 Å². The minimum atomic E-state index is 0.270. The maximum atomic E-state index is 8.98. The lowest BCUT2D eigenvalue weighted by atomic mass is 9.75. The Labute approximate surface area is 114 Å². The van der Waals surface area contributed by atoms with Crippen LogP contribution in [0.4, 0.5) is 0 Å². The van der Waals surface area contributed by atoms with E-state index in [1.165, 1.54) is 5.56 Å². The SMILES string of the molecule is CCC(CCO)NC1CC(c2ccccc2Cl)C1. The zero-order chi connectivity index (χ0) is 13.0. The molecule has 0 aliphatic heterocycles. The van der Waals surface area contributed by atoms with Crippen LogP contribution in [0.2, 0.25) is 5.02 Å². The quantitative estimate of drug-likeness (QED) is 0.829. The highest BCUT2D eigenvalue weighted by Crippen LogP contribution is 2.40. The average Bonchev–Trinajstić information content (AvgIpc) is 2.33. The number of hydrogen-bond donors (Lipinski definition) is 2. The summed E-state index contributed by atoms with van der Waals surface area (Å²) in [4.78, 5) is 0. The van der Waals surface area contributed by atoms with Crippen LogP contribution < -0.4 is 5.32 Å². The second-order valence-corrected chi connectivity index (χ2v) is 5.58. The fourth-order valence-electron chi connectivity index (χ4n) is 2.71. The number of hydrogen-bond acceptors (Lipinski definition) is 2.